The van der Waals surface area contributed by atoms with Gasteiger partial charge in [-0.15, -0.1) is 0 Å². The second-order valence-corrected chi connectivity index (χ2v) is 4.81. The molecular weight excluding hydrogens is 362 g/mol. The van der Waals surface area contributed by atoms with Gasteiger partial charge in [-0.2, -0.15) is 35.1 Å². The van der Waals surface area contributed by atoms with E-state index in [2.05, 4.69) is 10.1 Å². The van der Waals surface area contributed by atoms with Crippen molar-refractivity contribution < 1.29 is 39.9 Å². The van der Waals surface area contributed by atoms with Gasteiger partial charge in [-0.1, -0.05) is 12.1 Å². The van der Waals surface area contributed by atoms with Gasteiger partial charge < -0.3 is 10.1 Å². The Morgan fingerprint density at radius 1 is 0.720 bits per heavy atom. The fourth-order valence-corrected chi connectivity index (χ4v) is 1.81. The molecule has 0 atom stereocenters. The van der Waals surface area contributed by atoms with Crippen molar-refractivity contribution in [1.29, 1.82) is 0 Å². The normalized spacial score (nSPS) is 12.8. The molecule has 0 aromatic heterocycles. The molecule has 0 heterocycles. The van der Waals surface area contributed by atoms with Gasteiger partial charge in [0.25, 0.3) is 0 Å². The van der Waals surface area contributed by atoms with Gasteiger partial charge >= 0.3 is 18.5 Å². The summed E-state index contributed by atoms with van der Waals surface area (Å²) in [6.45, 7) is 0. The average molecular weight is 371 g/mol. The highest BCUT2D eigenvalue weighted by Gasteiger charge is 2.61. The van der Waals surface area contributed by atoms with Crippen LogP contribution in [0.15, 0.2) is 48.5 Å². The maximum Gasteiger partial charge on any atom is 0.499 e. The van der Waals surface area contributed by atoms with Gasteiger partial charge in [0.15, 0.2) is 0 Å². The van der Waals surface area contributed by atoms with Gasteiger partial charge in [-0.3, -0.25) is 0 Å². The number of benzene rings is 2. The van der Waals surface area contributed by atoms with Crippen molar-refractivity contribution >= 4 is 11.4 Å². The van der Waals surface area contributed by atoms with Crippen LogP contribution in [0.5, 0.6) is 5.75 Å². The van der Waals surface area contributed by atoms with E-state index in [-0.39, 0.29) is 11.4 Å². The zero-order valence-electron chi connectivity index (χ0n) is 12.1. The van der Waals surface area contributed by atoms with Crippen LogP contribution in [0.1, 0.15) is 5.56 Å². The minimum Gasteiger partial charge on any atom is -0.426 e. The van der Waals surface area contributed by atoms with Crippen LogP contribution in [0.4, 0.5) is 46.5 Å². The molecular formula is C15H9F8NO. The molecule has 2 aromatic carbocycles. The largest absolute Gasteiger partial charge is 0.499 e. The Morgan fingerprint density at radius 3 is 1.80 bits per heavy atom. The number of rotatable bonds is 4. The fourth-order valence-electron chi connectivity index (χ4n) is 1.81. The predicted octanol–water partition coefficient (Wildman–Crippen LogP) is 5.98. The topological polar surface area (TPSA) is 21.3 Å². The summed E-state index contributed by atoms with van der Waals surface area (Å²) in [5, 5.41) is 2.41. The van der Waals surface area contributed by atoms with Crippen LogP contribution in [-0.2, 0) is 6.18 Å². The maximum absolute atomic E-state index is 12.9. The van der Waals surface area contributed by atoms with Crippen molar-refractivity contribution in [1.82, 2.24) is 0 Å². The molecule has 0 aliphatic heterocycles. The van der Waals surface area contributed by atoms with Gasteiger partial charge in [0.1, 0.15) is 5.75 Å². The van der Waals surface area contributed by atoms with Crippen molar-refractivity contribution in [2.45, 2.75) is 18.5 Å². The van der Waals surface area contributed by atoms with Gasteiger partial charge in [-0.05, 0) is 36.4 Å². The van der Waals surface area contributed by atoms with Crippen LogP contribution in [0, 0.1) is 0 Å². The number of para-hydroxylation sites is 1. The van der Waals surface area contributed by atoms with Crippen LogP contribution in [0.3, 0.4) is 0 Å². The summed E-state index contributed by atoms with van der Waals surface area (Å²) in [5.41, 5.74) is -1.22. The summed E-state index contributed by atoms with van der Waals surface area (Å²) in [4.78, 5) is 0. The Labute approximate surface area is 136 Å². The highest BCUT2D eigenvalue weighted by Crippen LogP contribution is 2.38. The van der Waals surface area contributed by atoms with Gasteiger partial charge in [0, 0.05) is 5.69 Å². The smallest absolute Gasteiger partial charge is 0.426 e. The molecule has 0 aliphatic carbocycles. The third kappa shape index (κ3) is 4.52. The zero-order valence-corrected chi connectivity index (χ0v) is 12.1. The van der Waals surface area contributed by atoms with E-state index in [4.69, 9.17) is 0 Å². The van der Waals surface area contributed by atoms with E-state index in [1.54, 1.807) is 0 Å². The zero-order chi connectivity index (χ0) is 18.9. The van der Waals surface area contributed by atoms with E-state index < -0.39 is 29.8 Å². The second kappa shape index (κ2) is 6.41. The second-order valence-electron chi connectivity index (χ2n) is 4.81. The number of halogens is 8. The highest BCUT2D eigenvalue weighted by molar-refractivity contribution is 5.64. The van der Waals surface area contributed by atoms with E-state index in [9.17, 15) is 35.1 Å². The molecule has 1 N–H and O–H groups in total. The Bertz CT molecular complexity index is 722. The first-order valence-corrected chi connectivity index (χ1v) is 6.57. The van der Waals surface area contributed by atoms with Crippen LogP contribution in [0.25, 0.3) is 0 Å². The third-order valence-corrected chi connectivity index (χ3v) is 2.94. The van der Waals surface area contributed by atoms with Crippen LogP contribution in [-0.4, -0.2) is 12.3 Å². The summed E-state index contributed by atoms with van der Waals surface area (Å²) in [7, 11) is 0. The van der Waals surface area contributed by atoms with E-state index >= 15 is 0 Å². The SMILES string of the molecule is FC(F)(F)c1ccccc1Nc1ccc(OC(F)(F)C(F)(F)F)cc1. The first-order valence-electron chi connectivity index (χ1n) is 6.57. The van der Waals surface area contributed by atoms with Gasteiger partial charge in [-0.25, -0.2) is 0 Å². The third-order valence-electron chi connectivity index (χ3n) is 2.94. The van der Waals surface area contributed by atoms with E-state index in [1.807, 2.05) is 0 Å². The Kier molecular flexibility index (Phi) is 4.83. The number of hydrogen-bond donors (Lipinski definition) is 1. The number of ether oxygens (including phenoxy) is 1. The van der Waals surface area contributed by atoms with Crippen molar-refractivity contribution in [2.75, 3.05) is 5.32 Å². The minimum absolute atomic E-state index is 0.0411. The molecule has 10 heteroatoms. The molecule has 25 heavy (non-hydrogen) atoms. The van der Waals surface area contributed by atoms with Gasteiger partial charge in [0.2, 0.25) is 0 Å². The molecule has 2 nitrogen and oxygen atoms in total. The lowest BCUT2D eigenvalue weighted by atomic mass is 10.1. The number of anilines is 2. The molecule has 0 saturated heterocycles. The van der Waals surface area contributed by atoms with Gasteiger partial charge in [0.05, 0.1) is 11.3 Å². The standard InChI is InChI=1S/C15H9F8NO/c16-13(17,18)11-3-1-2-4-12(11)24-9-5-7-10(8-6-9)25-15(22,23)14(19,20)21/h1-8,24H. The monoisotopic (exact) mass is 371 g/mol. The Morgan fingerprint density at radius 2 is 1.28 bits per heavy atom. The summed E-state index contributed by atoms with van der Waals surface area (Å²) >= 11 is 0. The molecule has 136 valence electrons. The Balaban J connectivity index is 2.17. The first-order chi connectivity index (χ1) is 11.4. The average Bonchev–Trinajstić information content (AvgIpc) is 2.47. The maximum atomic E-state index is 12.9. The van der Waals surface area contributed by atoms with Crippen LogP contribution >= 0.6 is 0 Å². The Hall–Kier alpha value is -2.52. The predicted molar refractivity (Wildman–Crippen MR) is 72.8 cm³/mol. The summed E-state index contributed by atoms with van der Waals surface area (Å²) in [6.07, 6.45) is -15.9. The summed E-state index contributed by atoms with van der Waals surface area (Å²) in [6, 6.07) is 8.08. The summed E-state index contributed by atoms with van der Waals surface area (Å²) < 4.78 is 104. The van der Waals surface area contributed by atoms with Crippen molar-refractivity contribution in [2.24, 2.45) is 0 Å². The first kappa shape index (κ1) is 18.8. The van der Waals surface area contributed by atoms with E-state index in [1.165, 1.54) is 12.1 Å². The molecule has 0 bridgehead atoms. The minimum atomic E-state index is -5.89. The summed E-state index contributed by atoms with van der Waals surface area (Å²) in [5.74, 6) is -0.794. The quantitative estimate of drug-likeness (QED) is 0.668. The van der Waals surface area contributed by atoms with Crippen molar-refractivity contribution in [3.63, 3.8) is 0 Å². The molecule has 2 rings (SSSR count). The molecule has 0 unspecified atom stereocenters. The van der Waals surface area contributed by atoms with Crippen molar-refractivity contribution in [3.05, 3.63) is 54.1 Å². The molecule has 2 aromatic rings. The molecule has 0 aliphatic rings. The molecule has 0 radical (unpaired) electrons. The fraction of sp³-hybridized carbons (Fsp3) is 0.200. The highest BCUT2D eigenvalue weighted by atomic mass is 19.4. The number of alkyl halides is 8. The molecule has 0 fully saturated rings. The van der Waals surface area contributed by atoms with Crippen LogP contribution in [0.2, 0.25) is 0 Å². The van der Waals surface area contributed by atoms with E-state index in [0.29, 0.717) is 0 Å². The molecule has 0 spiro atoms. The molecule has 0 saturated carbocycles. The number of nitrogens with one attached hydrogen (secondary N) is 1. The van der Waals surface area contributed by atoms with Crippen molar-refractivity contribution in [3.8, 4) is 5.75 Å². The van der Waals surface area contributed by atoms with E-state index in [0.717, 1.165) is 36.4 Å². The number of hydrogen-bond acceptors (Lipinski definition) is 2. The molecule has 0 amide bonds. The lowest BCUT2D eigenvalue weighted by Gasteiger charge is -2.20. The van der Waals surface area contributed by atoms with Crippen LogP contribution < -0.4 is 10.1 Å². The lowest BCUT2D eigenvalue weighted by Crippen LogP contribution is -2.41. The lowest BCUT2D eigenvalue weighted by molar-refractivity contribution is -0.360.